The first-order valence-corrected chi connectivity index (χ1v) is 5.77. The van der Waals surface area contributed by atoms with Crippen LogP contribution in [-0.4, -0.2) is 11.1 Å². The number of aliphatic carboxylic acids is 1. The Morgan fingerprint density at radius 1 is 1.00 bits per heavy atom. The lowest BCUT2D eigenvalue weighted by Gasteiger charge is -2.06. The Bertz CT molecular complexity index is 587. The molecule has 4 heteroatoms. The Labute approximate surface area is 111 Å². The molecular weight excluding hydrogens is 240 g/mol. The molecule has 0 fully saturated rings. The molecule has 0 radical (unpaired) electrons. The third kappa shape index (κ3) is 3.89. The van der Waals surface area contributed by atoms with E-state index in [2.05, 4.69) is 5.32 Å². The van der Waals surface area contributed by atoms with Crippen LogP contribution in [-0.2, 0) is 4.79 Å². The summed E-state index contributed by atoms with van der Waals surface area (Å²) in [6.07, 6.45) is 2.66. The minimum Gasteiger partial charge on any atom is -0.478 e. The van der Waals surface area contributed by atoms with E-state index in [0.29, 0.717) is 0 Å². The van der Waals surface area contributed by atoms with Gasteiger partial charge in [0.1, 0.15) is 0 Å². The normalized spacial score (nSPS) is 10.5. The second kappa shape index (κ2) is 5.73. The fourth-order valence-electron chi connectivity index (χ4n) is 1.58. The van der Waals surface area contributed by atoms with Crippen LogP contribution in [0.25, 0.3) is 6.08 Å². The third-order valence-corrected chi connectivity index (χ3v) is 2.53. The van der Waals surface area contributed by atoms with E-state index < -0.39 is 5.97 Å². The number of rotatable bonds is 4. The second-order valence-electron chi connectivity index (χ2n) is 4.04. The van der Waals surface area contributed by atoms with Crippen LogP contribution in [0.5, 0.6) is 0 Å². The van der Waals surface area contributed by atoms with Crippen molar-refractivity contribution in [1.29, 1.82) is 0 Å². The summed E-state index contributed by atoms with van der Waals surface area (Å²) in [7, 11) is 0. The standard InChI is InChI=1S/C15H14N2O2/c16-12-4-8-14(9-5-12)17-13-6-1-11(2-7-13)3-10-15(18)19/h1-10,17H,16H2,(H,18,19). The van der Waals surface area contributed by atoms with Gasteiger partial charge in [0.05, 0.1) is 0 Å². The SMILES string of the molecule is Nc1ccc(Nc2ccc(C=CC(=O)O)cc2)cc1. The molecule has 2 aromatic carbocycles. The first-order chi connectivity index (χ1) is 9.13. The highest BCUT2D eigenvalue weighted by Crippen LogP contribution is 2.18. The summed E-state index contributed by atoms with van der Waals surface area (Å²) in [6, 6.07) is 14.9. The summed E-state index contributed by atoms with van der Waals surface area (Å²) in [5.74, 6) is -0.955. The highest BCUT2D eigenvalue weighted by molar-refractivity contribution is 5.85. The zero-order chi connectivity index (χ0) is 13.7. The Balaban J connectivity index is 2.06. The molecule has 0 atom stereocenters. The van der Waals surface area contributed by atoms with Crippen molar-refractivity contribution in [3.63, 3.8) is 0 Å². The molecule has 0 aliphatic heterocycles. The van der Waals surface area contributed by atoms with Gasteiger partial charge in [0.2, 0.25) is 0 Å². The van der Waals surface area contributed by atoms with Gasteiger partial charge >= 0.3 is 5.97 Å². The molecule has 0 bridgehead atoms. The van der Waals surface area contributed by atoms with E-state index in [9.17, 15) is 4.79 Å². The summed E-state index contributed by atoms with van der Waals surface area (Å²) in [4.78, 5) is 10.4. The van der Waals surface area contributed by atoms with E-state index >= 15 is 0 Å². The summed E-state index contributed by atoms with van der Waals surface area (Å²) in [6.45, 7) is 0. The predicted octanol–water partition coefficient (Wildman–Crippen LogP) is 3.11. The van der Waals surface area contributed by atoms with Crippen LogP contribution < -0.4 is 11.1 Å². The summed E-state index contributed by atoms with van der Waals surface area (Å²) in [5.41, 5.74) is 9.05. The van der Waals surface area contributed by atoms with Crippen molar-refractivity contribution in [2.45, 2.75) is 0 Å². The highest BCUT2D eigenvalue weighted by Gasteiger charge is 1.95. The average molecular weight is 254 g/mol. The van der Waals surface area contributed by atoms with Gasteiger partial charge in [0.25, 0.3) is 0 Å². The Morgan fingerprint density at radius 3 is 2.05 bits per heavy atom. The van der Waals surface area contributed by atoms with Gasteiger partial charge in [-0.05, 0) is 48.0 Å². The second-order valence-corrected chi connectivity index (χ2v) is 4.04. The fourth-order valence-corrected chi connectivity index (χ4v) is 1.58. The minimum atomic E-state index is -0.955. The van der Waals surface area contributed by atoms with E-state index in [-0.39, 0.29) is 0 Å². The molecule has 96 valence electrons. The number of nitrogens with one attached hydrogen (secondary N) is 1. The van der Waals surface area contributed by atoms with Crippen LogP contribution in [0.3, 0.4) is 0 Å². The number of benzene rings is 2. The molecule has 0 aliphatic rings. The van der Waals surface area contributed by atoms with E-state index in [1.165, 1.54) is 0 Å². The zero-order valence-electron chi connectivity index (χ0n) is 10.2. The van der Waals surface area contributed by atoms with Gasteiger partial charge in [-0.1, -0.05) is 12.1 Å². The van der Waals surface area contributed by atoms with Gasteiger partial charge in [-0.3, -0.25) is 0 Å². The van der Waals surface area contributed by atoms with E-state index in [1.807, 2.05) is 48.5 Å². The van der Waals surface area contributed by atoms with Gasteiger partial charge in [0.15, 0.2) is 0 Å². The van der Waals surface area contributed by atoms with Gasteiger partial charge < -0.3 is 16.2 Å². The van der Waals surface area contributed by atoms with E-state index in [4.69, 9.17) is 10.8 Å². The lowest BCUT2D eigenvalue weighted by atomic mass is 10.2. The lowest BCUT2D eigenvalue weighted by molar-refractivity contribution is -0.131. The van der Waals surface area contributed by atoms with E-state index in [0.717, 1.165) is 28.7 Å². The highest BCUT2D eigenvalue weighted by atomic mass is 16.4. The van der Waals surface area contributed by atoms with Crippen LogP contribution in [0.1, 0.15) is 5.56 Å². The molecule has 19 heavy (non-hydrogen) atoms. The van der Waals surface area contributed by atoms with Crippen LogP contribution in [0.2, 0.25) is 0 Å². The number of anilines is 3. The van der Waals surface area contributed by atoms with Crippen molar-refractivity contribution in [3.8, 4) is 0 Å². The largest absolute Gasteiger partial charge is 0.478 e. The molecule has 0 amide bonds. The topological polar surface area (TPSA) is 75.3 Å². The number of hydrogen-bond acceptors (Lipinski definition) is 3. The first-order valence-electron chi connectivity index (χ1n) is 5.77. The van der Waals surface area contributed by atoms with Gasteiger partial charge in [-0.25, -0.2) is 4.79 Å². The average Bonchev–Trinajstić information content (AvgIpc) is 2.40. The van der Waals surface area contributed by atoms with Gasteiger partial charge in [0, 0.05) is 23.1 Å². The molecule has 0 spiro atoms. The molecule has 0 saturated carbocycles. The Kier molecular flexibility index (Phi) is 3.83. The molecule has 2 aromatic rings. The van der Waals surface area contributed by atoms with Crippen molar-refractivity contribution < 1.29 is 9.90 Å². The molecule has 4 N–H and O–H groups in total. The number of carboxylic acid groups (broad SMARTS) is 1. The lowest BCUT2D eigenvalue weighted by Crippen LogP contribution is -1.91. The van der Waals surface area contributed by atoms with Crippen LogP contribution >= 0.6 is 0 Å². The quantitative estimate of drug-likeness (QED) is 0.579. The third-order valence-electron chi connectivity index (χ3n) is 2.53. The maximum absolute atomic E-state index is 10.4. The molecule has 2 rings (SSSR count). The maximum Gasteiger partial charge on any atom is 0.328 e. The van der Waals surface area contributed by atoms with E-state index in [1.54, 1.807) is 6.08 Å². The fraction of sp³-hybridized carbons (Fsp3) is 0. The molecule has 0 saturated heterocycles. The summed E-state index contributed by atoms with van der Waals surface area (Å²) < 4.78 is 0. The monoisotopic (exact) mass is 254 g/mol. The molecular formula is C15H14N2O2. The number of carboxylic acids is 1. The number of hydrogen-bond donors (Lipinski definition) is 3. The Hall–Kier alpha value is -2.75. The number of nitrogens with two attached hydrogens (primary N) is 1. The maximum atomic E-state index is 10.4. The molecule has 0 unspecified atom stereocenters. The van der Waals surface area contributed by atoms with Gasteiger partial charge in [-0.2, -0.15) is 0 Å². The van der Waals surface area contributed by atoms with Crippen LogP contribution in [0, 0.1) is 0 Å². The molecule has 0 aliphatic carbocycles. The van der Waals surface area contributed by atoms with Crippen molar-refractivity contribution >= 4 is 29.1 Å². The minimum absolute atomic E-state index is 0.722. The smallest absolute Gasteiger partial charge is 0.328 e. The zero-order valence-corrected chi connectivity index (χ0v) is 10.2. The summed E-state index contributed by atoms with van der Waals surface area (Å²) in [5, 5.41) is 11.8. The van der Waals surface area contributed by atoms with Crippen molar-refractivity contribution in [2.75, 3.05) is 11.1 Å². The van der Waals surface area contributed by atoms with Crippen LogP contribution in [0.15, 0.2) is 54.6 Å². The van der Waals surface area contributed by atoms with Crippen LogP contribution in [0.4, 0.5) is 17.1 Å². The Morgan fingerprint density at radius 2 is 1.53 bits per heavy atom. The summed E-state index contributed by atoms with van der Waals surface area (Å²) >= 11 is 0. The molecule has 0 aromatic heterocycles. The molecule has 4 nitrogen and oxygen atoms in total. The van der Waals surface area contributed by atoms with Gasteiger partial charge in [-0.15, -0.1) is 0 Å². The number of carbonyl (C=O) groups is 1. The number of nitrogen functional groups attached to an aromatic ring is 1. The van der Waals surface area contributed by atoms with Crippen molar-refractivity contribution in [1.82, 2.24) is 0 Å². The first kappa shape index (κ1) is 12.7. The van der Waals surface area contributed by atoms with Crippen molar-refractivity contribution in [3.05, 3.63) is 60.2 Å². The van der Waals surface area contributed by atoms with Crippen molar-refractivity contribution in [2.24, 2.45) is 0 Å². The molecule has 0 heterocycles. The predicted molar refractivity (Wildman–Crippen MR) is 77.2 cm³/mol.